The summed E-state index contributed by atoms with van der Waals surface area (Å²) in [6, 6.07) is 14.9. The number of aromatic amines is 1. The number of hydrogen-bond donors (Lipinski definition) is 4. The molecule has 154 valence electrons. The van der Waals surface area contributed by atoms with Gasteiger partial charge in [-0.25, -0.2) is 4.79 Å². The van der Waals surface area contributed by atoms with Crippen LogP contribution < -0.4 is 16.4 Å². The summed E-state index contributed by atoms with van der Waals surface area (Å²) < 4.78 is 4.64. The summed E-state index contributed by atoms with van der Waals surface area (Å²) in [7, 11) is 1.31. The summed E-state index contributed by atoms with van der Waals surface area (Å²) in [6.45, 7) is 0. The van der Waals surface area contributed by atoms with Crippen LogP contribution in [-0.4, -0.2) is 34.3 Å². The molecule has 9 nitrogen and oxygen atoms in total. The van der Waals surface area contributed by atoms with Gasteiger partial charge in [0.1, 0.15) is 0 Å². The van der Waals surface area contributed by atoms with Crippen molar-refractivity contribution in [3.05, 3.63) is 71.5 Å². The number of nitrogens with zero attached hydrogens (tertiary/aromatic N) is 2. The molecule has 0 bridgehead atoms. The number of rotatable bonds is 3. The van der Waals surface area contributed by atoms with Crippen molar-refractivity contribution in [3.63, 3.8) is 0 Å². The largest absolute Gasteiger partial charge is 0.453 e. The van der Waals surface area contributed by atoms with Crippen LogP contribution in [0.15, 0.2) is 54.7 Å². The second kappa shape index (κ2) is 7.13. The zero-order valence-corrected chi connectivity index (χ0v) is 16.5. The van der Waals surface area contributed by atoms with Crippen LogP contribution in [0.3, 0.4) is 0 Å². The van der Waals surface area contributed by atoms with E-state index in [0.29, 0.717) is 16.9 Å². The number of fused-ring (bicyclic) bond motifs is 2. The Kier molecular flexibility index (Phi) is 4.28. The van der Waals surface area contributed by atoms with Gasteiger partial charge in [0.2, 0.25) is 0 Å². The number of anilines is 2. The van der Waals surface area contributed by atoms with Gasteiger partial charge in [0, 0.05) is 39.6 Å². The molecule has 4 aromatic rings. The number of carbonyl (C=O) groups is 2. The monoisotopic (exact) mass is 414 g/mol. The summed E-state index contributed by atoms with van der Waals surface area (Å²) in [5, 5.41) is 15.2. The number of primary amides is 1. The molecule has 2 amide bonds. The molecule has 9 heteroatoms. The van der Waals surface area contributed by atoms with Gasteiger partial charge in [0.15, 0.2) is 11.3 Å². The van der Waals surface area contributed by atoms with Crippen LogP contribution >= 0.6 is 0 Å². The minimum Gasteiger partial charge on any atom is -0.453 e. The zero-order valence-electron chi connectivity index (χ0n) is 16.5. The Bertz CT molecular complexity index is 1330. The highest BCUT2D eigenvalue weighted by Crippen LogP contribution is 2.44. The lowest BCUT2D eigenvalue weighted by Gasteiger charge is -2.20. The molecule has 1 unspecified atom stereocenters. The smallest absolute Gasteiger partial charge is 0.411 e. The molecular formula is C22H18N6O3. The lowest BCUT2D eigenvalue weighted by atomic mass is 9.95. The minimum atomic E-state index is -0.636. The van der Waals surface area contributed by atoms with Gasteiger partial charge < -0.3 is 20.8 Å². The van der Waals surface area contributed by atoms with Crippen molar-refractivity contribution < 1.29 is 14.3 Å². The Morgan fingerprint density at radius 1 is 1.10 bits per heavy atom. The topological polar surface area (TPSA) is 135 Å². The summed E-state index contributed by atoms with van der Waals surface area (Å²) in [6.07, 6.45) is 1.32. The molecule has 5 N–H and O–H groups in total. The number of amides is 2. The fourth-order valence-electron chi connectivity index (χ4n) is 3.95. The van der Waals surface area contributed by atoms with E-state index in [9.17, 15) is 9.59 Å². The van der Waals surface area contributed by atoms with E-state index >= 15 is 0 Å². The molecule has 0 radical (unpaired) electrons. The SMILES string of the molecule is COC(=O)Nc1ccc(C2Nc3ccccc3-c3c(C(N)=O)nnc4[nH]cc2c34)cc1. The van der Waals surface area contributed by atoms with Gasteiger partial charge in [0.25, 0.3) is 5.91 Å². The van der Waals surface area contributed by atoms with Crippen molar-refractivity contribution in [1.29, 1.82) is 0 Å². The molecule has 1 atom stereocenters. The highest BCUT2D eigenvalue weighted by atomic mass is 16.5. The Morgan fingerprint density at radius 3 is 2.61 bits per heavy atom. The Hall–Kier alpha value is -4.40. The predicted molar refractivity (Wildman–Crippen MR) is 116 cm³/mol. The van der Waals surface area contributed by atoms with Crippen LogP contribution in [-0.2, 0) is 4.74 Å². The fourth-order valence-corrected chi connectivity index (χ4v) is 3.95. The van der Waals surface area contributed by atoms with Crippen molar-refractivity contribution in [2.45, 2.75) is 6.04 Å². The van der Waals surface area contributed by atoms with E-state index in [4.69, 9.17) is 5.73 Å². The highest BCUT2D eigenvalue weighted by molar-refractivity contribution is 6.10. The van der Waals surface area contributed by atoms with Crippen molar-refractivity contribution >= 4 is 34.4 Å². The first-order valence-corrected chi connectivity index (χ1v) is 9.55. The van der Waals surface area contributed by atoms with Gasteiger partial charge in [-0.3, -0.25) is 10.1 Å². The number of hydrogen-bond acceptors (Lipinski definition) is 6. The van der Waals surface area contributed by atoms with Crippen LogP contribution in [0.2, 0.25) is 0 Å². The van der Waals surface area contributed by atoms with Crippen molar-refractivity contribution in [2.75, 3.05) is 17.7 Å². The number of nitrogens with two attached hydrogens (primary N) is 1. The van der Waals surface area contributed by atoms with Crippen LogP contribution in [0.5, 0.6) is 0 Å². The normalized spacial score (nSPS) is 14.3. The van der Waals surface area contributed by atoms with E-state index in [2.05, 4.69) is 30.6 Å². The van der Waals surface area contributed by atoms with Crippen LogP contribution in [0, 0.1) is 0 Å². The predicted octanol–water partition coefficient (Wildman–Crippen LogP) is 3.42. The van der Waals surface area contributed by atoms with E-state index in [0.717, 1.165) is 27.8 Å². The van der Waals surface area contributed by atoms with Gasteiger partial charge in [-0.1, -0.05) is 30.3 Å². The first-order valence-electron chi connectivity index (χ1n) is 9.55. The van der Waals surface area contributed by atoms with Crippen molar-refractivity contribution in [2.24, 2.45) is 5.73 Å². The molecule has 0 aliphatic carbocycles. The molecule has 0 spiro atoms. The number of aromatic nitrogens is 3. The van der Waals surface area contributed by atoms with E-state index in [-0.39, 0.29) is 11.7 Å². The molecule has 31 heavy (non-hydrogen) atoms. The lowest BCUT2D eigenvalue weighted by molar-refractivity contribution is 0.0995. The highest BCUT2D eigenvalue weighted by Gasteiger charge is 2.29. The Labute approximate surface area is 176 Å². The molecule has 2 aromatic heterocycles. The van der Waals surface area contributed by atoms with E-state index < -0.39 is 12.0 Å². The molecule has 2 aromatic carbocycles. The van der Waals surface area contributed by atoms with Crippen LogP contribution in [0.1, 0.15) is 27.7 Å². The molecule has 0 fully saturated rings. The maximum atomic E-state index is 12.1. The first kappa shape index (κ1) is 18.6. The average Bonchev–Trinajstić information content (AvgIpc) is 3.15. The number of methoxy groups -OCH3 is 1. The molecule has 1 aliphatic heterocycles. The number of carbonyl (C=O) groups excluding carboxylic acids is 2. The van der Waals surface area contributed by atoms with Gasteiger partial charge in [-0.2, -0.15) is 0 Å². The number of para-hydroxylation sites is 1. The third-order valence-corrected chi connectivity index (χ3v) is 5.34. The van der Waals surface area contributed by atoms with E-state index in [1.807, 2.05) is 42.6 Å². The lowest BCUT2D eigenvalue weighted by Crippen LogP contribution is -2.15. The van der Waals surface area contributed by atoms with Crippen LogP contribution in [0.4, 0.5) is 16.2 Å². The molecule has 5 rings (SSSR count). The molecule has 1 aliphatic rings. The van der Waals surface area contributed by atoms with Crippen LogP contribution in [0.25, 0.3) is 22.2 Å². The van der Waals surface area contributed by atoms with Gasteiger partial charge in [0.05, 0.1) is 13.2 Å². The molecule has 0 saturated heterocycles. The quantitative estimate of drug-likeness (QED) is 0.406. The van der Waals surface area contributed by atoms with Crippen molar-refractivity contribution in [3.8, 4) is 11.1 Å². The second-order valence-corrected chi connectivity index (χ2v) is 7.12. The third kappa shape index (κ3) is 3.03. The van der Waals surface area contributed by atoms with E-state index in [1.165, 1.54) is 7.11 Å². The van der Waals surface area contributed by atoms with Gasteiger partial charge >= 0.3 is 6.09 Å². The molecular weight excluding hydrogens is 396 g/mol. The van der Waals surface area contributed by atoms with Gasteiger partial charge in [-0.15, -0.1) is 10.2 Å². The summed E-state index contributed by atoms with van der Waals surface area (Å²) >= 11 is 0. The first-order chi connectivity index (χ1) is 15.1. The fraction of sp³-hybridized carbons (Fsp3) is 0.0909. The molecule has 3 heterocycles. The summed E-state index contributed by atoms with van der Waals surface area (Å²) in [4.78, 5) is 26.8. The summed E-state index contributed by atoms with van der Waals surface area (Å²) in [5.41, 5.74) is 11.1. The average molecular weight is 414 g/mol. The Balaban J connectivity index is 1.70. The van der Waals surface area contributed by atoms with Crippen molar-refractivity contribution in [1.82, 2.24) is 15.2 Å². The third-order valence-electron chi connectivity index (χ3n) is 5.34. The minimum absolute atomic E-state index is 0.126. The Morgan fingerprint density at radius 2 is 1.87 bits per heavy atom. The number of H-pyrrole nitrogens is 1. The second-order valence-electron chi connectivity index (χ2n) is 7.12. The van der Waals surface area contributed by atoms with E-state index in [1.54, 1.807) is 12.1 Å². The number of ether oxygens (including phenoxy) is 1. The molecule has 0 saturated carbocycles. The summed E-state index contributed by atoms with van der Waals surface area (Å²) in [5.74, 6) is -0.636. The number of benzene rings is 2. The number of nitrogens with one attached hydrogen (secondary N) is 3. The zero-order chi connectivity index (χ0) is 21.5. The standard InChI is InChI=1S/C22H18N6O3/c1-31-22(30)25-12-8-6-11(7-9-12)18-14-10-24-21-17(14)16(19(20(23)29)27-28-21)13-4-2-3-5-15(13)26-18/h2-10,18,26H,1H3,(H2,23,29)(H,24,28)(H,25,30). The van der Waals surface area contributed by atoms with Gasteiger partial charge in [-0.05, 0) is 23.8 Å². The maximum Gasteiger partial charge on any atom is 0.411 e. The maximum absolute atomic E-state index is 12.1.